The number of hydrogen-bond acceptors (Lipinski definition) is 5. The first-order valence-corrected chi connectivity index (χ1v) is 8.80. The monoisotopic (exact) mass is 409 g/mol. The standard InChI is InChI=1S/C21H14F3N5O/c22-16-7-14(8-17(23)20(16)24)18-4-5-19(30)29(28-18)11-12-2-1-3-13(6-12)21-26-9-15(25)10-27-21/h1-10H,11,25H2. The first kappa shape index (κ1) is 19.3. The maximum Gasteiger partial charge on any atom is 0.267 e. The van der Waals surface area contributed by atoms with Gasteiger partial charge in [-0.15, -0.1) is 0 Å². The number of nitrogens with two attached hydrogens (primary N) is 1. The van der Waals surface area contributed by atoms with Gasteiger partial charge in [0, 0.05) is 17.2 Å². The van der Waals surface area contributed by atoms with Gasteiger partial charge in [0.25, 0.3) is 5.56 Å². The lowest BCUT2D eigenvalue weighted by atomic mass is 10.1. The molecule has 2 aromatic heterocycles. The number of aromatic nitrogens is 4. The molecule has 0 aliphatic carbocycles. The Hall–Kier alpha value is -4.01. The van der Waals surface area contributed by atoms with Gasteiger partial charge in [-0.05, 0) is 29.8 Å². The van der Waals surface area contributed by atoms with Gasteiger partial charge >= 0.3 is 0 Å². The Bertz CT molecular complexity index is 1270. The second-order valence-corrected chi connectivity index (χ2v) is 6.51. The zero-order chi connectivity index (χ0) is 21.3. The van der Waals surface area contributed by atoms with Crippen molar-refractivity contribution in [2.45, 2.75) is 6.54 Å². The fourth-order valence-corrected chi connectivity index (χ4v) is 2.89. The van der Waals surface area contributed by atoms with Crippen LogP contribution in [0.3, 0.4) is 0 Å². The van der Waals surface area contributed by atoms with Gasteiger partial charge in [-0.25, -0.2) is 27.8 Å². The molecular formula is C21H14F3N5O. The third-order valence-corrected chi connectivity index (χ3v) is 4.34. The minimum Gasteiger partial charge on any atom is -0.396 e. The second-order valence-electron chi connectivity index (χ2n) is 6.51. The van der Waals surface area contributed by atoms with Crippen molar-refractivity contribution in [2.75, 3.05) is 5.73 Å². The van der Waals surface area contributed by atoms with Crippen molar-refractivity contribution < 1.29 is 13.2 Å². The maximum absolute atomic E-state index is 13.6. The van der Waals surface area contributed by atoms with E-state index in [4.69, 9.17) is 5.73 Å². The van der Waals surface area contributed by atoms with Crippen LogP contribution in [0.15, 0.2) is 65.7 Å². The van der Waals surface area contributed by atoms with Crippen LogP contribution in [0, 0.1) is 17.5 Å². The van der Waals surface area contributed by atoms with Gasteiger partial charge in [-0.1, -0.05) is 18.2 Å². The molecule has 0 bridgehead atoms. The number of hydrogen-bond donors (Lipinski definition) is 1. The quantitative estimate of drug-likeness (QED) is 0.522. The lowest BCUT2D eigenvalue weighted by Crippen LogP contribution is -2.22. The summed E-state index contributed by atoms with van der Waals surface area (Å²) in [4.78, 5) is 20.6. The number of halogens is 3. The molecule has 0 fully saturated rings. The third-order valence-electron chi connectivity index (χ3n) is 4.34. The highest BCUT2D eigenvalue weighted by atomic mass is 19.2. The molecule has 6 nitrogen and oxygen atoms in total. The number of rotatable bonds is 4. The molecule has 0 unspecified atom stereocenters. The Kier molecular flexibility index (Phi) is 5.01. The van der Waals surface area contributed by atoms with Gasteiger partial charge in [0.15, 0.2) is 23.3 Å². The van der Waals surface area contributed by atoms with E-state index in [-0.39, 0.29) is 17.8 Å². The molecule has 0 saturated heterocycles. The number of nitrogen functional groups attached to an aromatic ring is 1. The summed E-state index contributed by atoms with van der Waals surface area (Å²) in [6.45, 7) is 0.0989. The molecule has 0 aliphatic heterocycles. The van der Waals surface area contributed by atoms with Crippen LogP contribution in [0.5, 0.6) is 0 Å². The summed E-state index contributed by atoms with van der Waals surface area (Å²) in [7, 11) is 0. The molecule has 30 heavy (non-hydrogen) atoms. The predicted octanol–water partition coefficient (Wildman–Crippen LogP) is 3.42. The van der Waals surface area contributed by atoms with Crippen molar-refractivity contribution in [3.8, 4) is 22.6 Å². The van der Waals surface area contributed by atoms with Crippen LogP contribution in [-0.4, -0.2) is 19.7 Å². The molecule has 150 valence electrons. The van der Waals surface area contributed by atoms with Gasteiger partial charge < -0.3 is 5.73 Å². The van der Waals surface area contributed by atoms with Crippen LogP contribution in [-0.2, 0) is 6.54 Å². The van der Waals surface area contributed by atoms with E-state index in [9.17, 15) is 18.0 Å². The SMILES string of the molecule is Nc1cnc(-c2cccc(Cn3nc(-c4cc(F)c(F)c(F)c4)ccc3=O)c2)nc1. The normalized spacial score (nSPS) is 10.9. The second kappa shape index (κ2) is 7.78. The highest BCUT2D eigenvalue weighted by Gasteiger charge is 2.13. The lowest BCUT2D eigenvalue weighted by Gasteiger charge is -2.09. The van der Waals surface area contributed by atoms with Crippen LogP contribution in [0.25, 0.3) is 22.6 Å². The van der Waals surface area contributed by atoms with E-state index in [0.717, 1.165) is 27.9 Å². The Morgan fingerprint density at radius 1 is 0.900 bits per heavy atom. The molecule has 4 rings (SSSR count). The van der Waals surface area contributed by atoms with E-state index in [0.29, 0.717) is 11.5 Å². The molecule has 0 spiro atoms. The van der Waals surface area contributed by atoms with Gasteiger partial charge in [-0.3, -0.25) is 4.79 Å². The van der Waals surface area contributed by atoms with E-state index >= 15 is 0 Å². The molecule has 2 heterocycles. The fourth-order valence-electron chi connectivity index (χ4n) is 2.89. The van der Waals surface area contributed by atoms with E-state index < -0.39 is 23.0 Å². The minimum atomic E-state index is -1.56. The van der Waals surface area contributed by atoms with E-state index in [1.54, 1.807) is 18.2 Å². The fraction of sp³-hybridized carbons (Fsp3) is 0.0476. The molecule has 2 N–H and O–H groups in total. The summed E-state index contributed by atoms with van der Waals surface area (Å²) < 4.78 is 41.5. The average Bonchev–Trinajstić information content (AvgIpc) is 2.74. The van der Waals surface area contributed by atoms with Crippen molar-refractivity contribution in [1.82, 2.24) is 19.7 Å². The summed E-state index contributed by atoms with van der Waals surface area (Å²) in [5.74, 6) is -3.76. The first-order chi connectivity index (χ1) is 14.4. The van der Waals surface area contributed by atoms with Crippen LogP contribution < -0.4 is 11.3 Å². The number of benzene rings is 2. The van der Waals surface area contributed by atoms with Crippen molar-refractivity contribution in [1.29, 1.82) is 0 Å². The van der Waals surface area contributed by atoms with Crippen LogP contribution >= 0.6 is 0 Å². The molecule has 2 aromatic carbocycles. The maximum atomic E-state index is 13.6. The molecular weight excluding hydrogens is 395 g/mol. The predicted molar refractivity (Wildman–Crippen MR) is 105 cm³/mol. The van der Waals surface area contributed by atoms with Crippen LogP contribution in [0.4, 0.5) is 18.9 Å². The zero-order valence-corrected chi connectivity index (χ0v) is 15.4. The Labute approximate surface area is 168 Å². The summed E-state index contributed by atoms with van der Waals surface area (Å²) in [5.41, 5.74) is 7.24. The summed E-state index contributed by atoms with van der Waals surface area (Å²) in [6.07, 6.45) is 2.98. The largest absolute Gasteiger partial charge is 0.396 e. The minimum absolute atomic E-state index is 0.0178. The molecule has 4 aromatic rings. The molecule has 0 atom stereocenters. The topological polar surface area (TPSA) is 86.7 Å². The summed E-state index contributed by atoms with van der Waals surface area (Å²) in [6, 6.07) is 11.4. The van der Waals surface area contributed by atoms with Gasteiger partial charge in [0.2, 0.25) is 0 Å². The van der Waals surface area contributed by atoms with Crippen molar-refractivity contribution >= 4 is 5.69 Å². The lowest BCUT2D eigenvalue weighted by molar-refractivity contribution is 0.447. The smallest absolute Gasteiger partial charge is 0.267 e. The van der Waals surface area contributed by atoms with E-state index in [2.05, 4.69) is 15.1 Å². The Morgan fingerprint density at radius 3 is 2.30 bits per heavy atom. The summed E-state index contributed by atoms with van der Waals surface area (Å²) in [5, 5.41) is 4.16. The first-order valence-electron chi connectivity index (χ1n) is 8.80. The van der Waals surface area contributed by atoms with Crippen molar-refractivity contribution in [3.63, 3.8) is 0 Å². The number of nitrogens with zero attached hydrogens (tertiary/aromatic N) is 4. The van der Waals surface area contributed by atoms with Crippen LogP contribution in [0.1, 0.15) is 5.56 Å². The third kappa shape index (κ3) is 3.90. The summed E-state index contributed by atoms with van der Waals surface area (Å²) >= 11 is 0. The molecule has 0 radical (unpaired) electrons. The zero-order valence-electron chi connectivity index (χ0n) is 15.4. The van der Waals surface area contributed by atoms with E-state index in [1.165, 1.54) is 24.5 Å². The highest BCUT2D eigenvalue weighted by molar-refractivity contribution is 5.59. The number of anilines is 1. The Morgan fingerprint density at radius 2 is 1.60 bits per heavy atom. The van der Waals surface area contributed by atoms with Gasteiger partial charge in [-0.2, -0.15) is 5.10 Å². The van der Waals surface area contributed by atoms with E-state index in [1.807, 2.05) is 6.07 Å². The van der Waals surface area contributed by atoms with Gasteiger partial charge in [0.1, 0.15) is 0 Å². The van der Waals surface area contributed by atoms with Crippen molar-refractivity contribution in [2.24, 2.45) is 0 Å². The molecule has 0 aliphatic rings. The molecule has 0 amide bonds. The van der Waals surface area contributed by atoms with Gasteiger partial charge in [0.05, 0.1) is 30.3 Å². The molecule has 9 heteroatoms. The highest BCUT2D eigenvalue weighted by Crippen LogP contribution is 2.22. The van der Waals surface area contributed by atoms with Crippen molar-refractivity contribution in [3.05, 3.63) is 94.3 Å². The average molecular weight is 409 g/mol. The molecule has 0 saturated carbocycles. The van der Waals surface area contributed by atoms with Crippen LogP contribution in [0.2, 0.25) is 0 Å². The Balaban J connectivity index is 1.67.